The van der Waals surface area contributed by atoms with Gasteiger partial charge in [-0.2, -0.15) is 0 Å². The standard InChI is InChI=1S/C18H18F3N3O3/c1-11(2)22-17(26)24-15-9-4-3-8-14(15)16(25)23-12-6-5-7-13(10-12)27-18(19,20)21/h3-11H,1-2H3,(H,23,25)(H2,22,24,26). The van der Waals surface area contributed by atoms with E-state index in [1.54, 1.807) is 26.0 Å². The fourth-order valence-electron chi connectivity index (χ4n) is 2.18. The van der Waals surface area contributed by atoms with E-state index in [0.717, 1.165) is 12.1 Å². The minimum Gasteiger partial charge on any atom is -0.406 e. The van der Waals surface area contributed by atoms with Crippen LogP contribution in [0.2, 0.25) is 0 Å². The fraction of sp³-hybridized carbons (Fsp3) is 0.222. The molecule has 0 aliphatic rings. The zero-order chi connectivity index (χ0) is 20.0. The number of amides is 3. The van der Waals surface area contributed by atoms with Crippen molar-refractivity contribution in [3.8, 4) is 5.75 Å². The minimum atomic E-state index is -4.83. The Kier molecular flexibility index (Phi) is 6.27. The van der Waals surface area contributed by atoms with Gasteiger partial charge in [-0.05, 0) is 38.1 Å². The van der Waals surface area contributed by atoms with E-state index in [1.165, 1.54) is 24.3 Å². The lowest BCUT2D eigenvalue weighted by Gasteiger charge is -2.14. The van der Waals surface area contributed by atoms with Crippen LogP contribution in [0.4, 0.5) is 29.3 Å². The maximum absolute atomic E-state index is 12.5. The fourth-order valence-corrected chi connectivity index (χ4v) is 2.18. The van der Waals surface area contributed by atoms with E-state index >= 15 is 0 Å². The van der Waals surface area contributed by atoms with Crippen LogP contribution < -0.4 is 20.7 Å². The van der Waals surface area contributed by atoms with Crippen molar-refractivity contribution in [2.45, 2.75) is 26.3 Å². The van der Waals surface area contributed by atoms with Gasteiger partial charge in [-0.3, -0.25) is 4.79 Å². The maximum atomic E-state index is 12.5. The first-order valence-corrected chi connectivity index (χ1v) is 7.98. The third-order valence-electron chi connectivity index (χ3n) is 3.17. The molecule has 0 spiro atoms. The normalized spacial score (nSPS) is 11.0. The molecule has 0 aromatic heterocycles. The van der Waals surface area contributed by atoms with Crippen molar-refractivity contribution in [1.29, 1.82) is 0 Å². The van der Waals surface area contributed by atoms with Crippen LogP contribution in [-0.2, 0) is 0 Å². The van der Waals surface area contributed by atoms with E-state index in [1.807, 2.05) is 0 Å². The Morgan fingerprint density at radius 2 is 1.70 bits per heavy atom. The van der Waals surface area contributed by atoms with Gasteiger partial charge < -0.3 is 20.7 Å². The Balaban J connectivity index is 2.15. The second kappa shape index (κ2) is 8.43. The summed E-state index contributed by atoms with van der Waals surface area (Å²) in [5.74, 6) is -1.05. The zero-order valence-corrected chi connectivity index (χ0v) is 14.6. The molecular formula is C18H18F3N3O3. The molecule has 3 N–H and O–H groups in total. The first-order valence-electron chi connectivity index (χ1n) is 7.98. The molecule has 0 radical (unpaired) electrons. The number of rotatable bonds is 5. The number of ether oxygens (including phenoxy) is 1. The van der Waals surface area contributed by atoms with Crippen molar-refractivity contribution in [3.05, 3.63) is 54.1 Å². The monoisotopic (exact) mass is 381 g/mol. The van der Waals surface area contributed by atoms with Crippen LogP contribution in [0.15, 0.2) is 48.5 Å². The van der Waals surface area contributed by atoms with Gasteiger partial charge in [-0.1, -0.05) is 18.2 Å². The highest BCUT2D eigenvalue weighted by molar-refractivity contribution is 6.10. The summed E-state index contributed by atoms with van der Waals surface area (Å²) >= 11 is 0. The molecule has 0 bridgehead atoms. The van der Waals surface area contributed by atoms with E-state index < -0.39 is 24.1 Å². The van der Waals surface area contributed by atoms with Gasteiger partial charge in [0.25, 0.3) is 5.91 Å². The molecule has 0 fully saturated rings. The summed E-state index contributed by atoms with van der Waals surface area (Å²) in [5, 5.41) is 7.68. The van der Waals surface area contributed by atoms with Crippen molar-refractivity contribution < 1.29 is 27.5 Å². The van der Waals surface area contributed by atoms with Gasteiger partial charge in [0, 0.05) is 17.8 Å². The van der Waals surface area contributed by atoms with Crippen LogP contribution in [0.25, 0.3) is 0 Å². The van der Waals surface area contributed by atoms with E-state index in [0.29, 0.717) is 0 Å². The summed E-state index contributed by atoms with van der Waals surface area (Å²) in [5.41, 5.74) is 0.526. The number of carbonyl (C=O) groups excluding carboxylic acids is 2. The number of para-hydroxylation sites is 1. The lowest BCUT2D eigenvalue weighted by molar-refractivity contribution is -0.274. The van der Waals surface area contributed by atoms with Crippen LogP contribution in [0.3, 0.4) is 0 Å². The topological polar surface area (TPSA) is 79.5 Å². The number of nitrogens with one attached hydrogen (secondary N) is 3. The highest BCUT2D eigenvalue weighted by atomic mass is 19.4. The number of hydrogen-bond donors (Lipinski definition) is 3. The van der Waals surface area contributed by atoms with Gasteiger partial charge in [0.05, 0.1) is 11.3 Å². The van der Waals surface area contributed by atoms with Gasteiger partial charge in [0.2, 0.25) is 0 Å². The molecule has 0 saturated heterocycles. The molecule has 9 heteroatoms. The molecule has 0 aliphatic carbocycles. The SMILES string of the molecule is CC(C)NC(=O)Nc1ccccc1C(=O)Nc1cccc(OC(F)(F)F)c1. The minimum absolute atomic E-state index is 0.0950. The summed E-state index contributed by atoms with van der Waals surface area (Å²) in [6, 6.07) is 10.6. The number of carbonyl (C=O) groups is 2. The van der Waals surface area contributed by atoms with Crippen LogP contribution in [-0.4, -0.2) is 24.3 Å². The van der Waals surface area contributed by atoms with Crippen molar-refractivity contribution in [3.63, 3.8) is 0 Å². The number of urea groups is 1. The van der Waals surface area contributed by atoms with E-state index in [-0.39, 0.29) is 23.0 Å². The summed E-state index contributed by atoms with van der Waals surface area (Å²) in [6.07, 6.45) is -4.83. The molecule has 3 amide bonds. The van der Waals surface area contributed by atoms with Crippen molar-refractivity contribution in [2.75, 3.05) is 10.6 Å². The van der Waals surface area contributed by atoms with Crippen molar-refractivity contribution >= 4 is 23.3 Å². The first-order chi connectivity index (χ1) is 12.6. The smallest absolute Gasteiger partial charge is 0.406 e. The number of alkyl halides is 3. The highest BCUT2D eigenvalue weighted by Gasteiger charge is 2.31. The predicted molar refractivity (Wildman–Crippen MR) is 94.8 cm³/mol. The Hall–Kier alpha value is -3.23. The van der Waals surface area contributed by atoms with Gasteiger partial charge in [0.1, 0.15) is 5.75 Å². The molecule has 6 nitrogen and oxygen atoms in total. The Morgan fingerprint density at radius 3 is 2.37 bits per heavy atom. The molecule has 27 heavy (non-hydrogen) atoms. The average Bonchev–Trinajstić information content (AvgIpc) is 2.53. The lowest BCUT2D eigenvalue weighted by atomic mass is 10.1. The molecule has 0 saturated carbocycles. The maximum Gasteiger partial charge on any atom is 0.573 e. The number of hydrogen-bond acceptors (Lipinski definition) is 3. The molecule has 144 valence electrons. The van der Waals surface area contributed by atoms with Crippen LogP contribution >= 0.6 is 0 Å². The third-order valence-corrected chi connectivity index (χ3v) is 3.17. The Bertz CT molecular complexity index is 823. The molecular weight excluding hydrogens is 363 g/mol. The number of anilines is 2. The van der Waals surface area contributed by atoms with Gasteiger partial charge in [0.15, 0.2) is 0 Å². The molecule has 2 aromatic carbocycles. The summed E-state index contributed by atoms with van der Waals surface area (Å²) < 4.78 is 40.8. The van der Waals surface area contributed by atoms with Crippen molar-refractivity contribution in [2.24, 2.45) is 0 Å². The molecule has 0 atom stereocenters. The molecule has 0 aliphatic heterocycles. The predicted octanol–water partition coefficient (Wildman–Crippen LogP) is 4.37. The molecule has 0 unspecified atom stereocenters. The van der Waals surface area contributed by atoms with Gasteiger partial charge >= 0.3 is 12.4 Å². The second-order valence-corrected chi connectivity index (χ2v) is 5.83. The highest BCUT2D eigenvalue weighted by Crippen LogP contribution is 2.25. The lowest BCUT2D eigenvalue weighted by Crippen LogP contribution is -2.34. The van der Waals surface area contributed by atoms with E-state index in [4.69, 9.17) is 0 Å². The van der Waals surface area contributed by atoms with Crippen LogP contribution in [0, 0.1) is 0 Å². The van der Waals surface area contributed by atoms with Crippen molar-refractivity contribution in [1.82, 2.24) is 5.32 Å². The van der Waals surface area contributed by atoms with Crippen LogP contribution in [0.5, 0.6) is 5.75 Å². The number of benzene rings is 2. The van der Waals surface area contributed by atoms with E-state index in [2.05, 4.69) is 20.7 Å². The Labute approximate surface area is 153 Å². The first kappa shape index (κ1) is 20.1. The summed E-state index contributed by atoms with van der Waals surface area (Å²) in [7, 11) is 0. The van der Waals surface area contributed by atoms with Crippen LogP contribution in [0.1, 0.15) is 24.2 Å². The summed E-state index contributed by atoms with van der Waals surface area (Å²) in [4.78, 5) is 24.3. The number of halogens is 3. The second-order valence-electron chi connectivity index (χ2n) is 5.83. The summed E-state index contributed by atoms with van der Waals surface area (Å²) in [6.45, 7) is 3.57. The molecule has 2 aromatic rings. The zero-order valence-electron chi connectivity index (χ0n) is 14.6. The quantitative estimate of drug-likeness (QED) is 0.720. The largest absolute Gasteiger partial charge is 0.573 e. The Morgan fingerprint density at radius 1 is 1.00 bits per heavy atom. The molecule has 2 rings (SSSR count). The van der Waals surface area contributed by atoms with Gasteiger partial charge in [-0.25, -0.2) is 4.79 Å². The van der Waals surface area contributed by atoms with E-state index in [9.17, 15) is 22.8 Å². The molecule has 0 heterocycles. The third kappa shape index (κ3) is 6.53. The average molecular weight is 381 g/mol. The van der Waals surface area contributed by atoms with Gasteiger partial charge in [-0.15, -0.1) is 13.2 Å².